The Balaban J connectivity index is 2.00. The molecule has 0 radical (unpaired) electrons. The monoisotopic (exact) mass is 325 g/mol. The highest BCUT2D eigenvalue weighted by Crippen LogP contribution is 2.33. The summed E-state index contributed by atoms with van der Waals surface area (Å²) in [6.45, 7) is 1.98. The van der Waals surface area contributed by atoms with Gasteiger partial charge >= 0.3 is 0 Å². The lowest BCUT2D eigenvalue weighted by atomic mass is 10.2. The minimum atomic E-state index is 0.250. The molecule has 2 N–H and O–H groups in total. The first-order valence-electron chi connectivity index (χ1n) is 5.96. The number of benzene rings is 1. The van der Waals surface area contributed by atoms with Gasteiger partial charge in [-0.15, -0.1) is 11.3 Å². The van der Waals surface area contributed by atoms with Gasteiger partial charge in [0.2, 0.25) is 0 Å². The van der Waals surface area contributed by atoms with Crippen LogP contribution in [0.4, 0.5) is 0 Å². The van der Waals surface area contributed by atoms with Crippen molar-refractivity contribution in [2.45, 2.75) is 13.0 Å². The van der Waals surface area contributed by atoms with Crippen LogP contribution >= 0.6 is 27.3 Å². The second-order valence-electron chi connectivity index (χ2n) is 4.00. The zero-order valence-corrected chi connectivity index (χ0v) is 12.4. The fraction of sp³-hybridized carbons (Fsp3) is 0.286. The molecule has 0 aliphatic heterocycles. The Bertz CT molecular complexity index is 498. The fourth-order valence-electron chi connectivity index (χ4n) is 1.69. The van der Waals surface area contributed by atoms with E-state index in [2.05, 4.69) is 51.6 Å². The first-order valence-corrected chi connectivity index (χ1v) is 7.57. The van der Waals surface area contributed by atoms with Gasteiger partial charge in [0, 0.05) is 32.9 Å². The summed E-state index contributed by atoms with van der Waals surface area (Å²) in [5.41, 5.74) is 1.24. The van der Waals surface area contributed by atoms with E-state index in [0.29, 0.717) is 0 Å². The molecule has 1 heterocycles. The highest BCUT2D eigenvalue weighted by atomic mass is 79.9. The number of thiophene rings is 1. The maximum atomic E-state index is 8.70. The number of aliphatic hydroxyl groups is 1. The molecule has 2 rings (SSSR count). The van der Waals surface area contributed by atoms with Gasteiger partial charge in [-0.05, 0) is 31.2 Å². The zero-order chi connectivity index (χ0) is 12.8. The number of rotatable bonds is 6. The quantitative estimate of drug-likeness (QED) is 0.794. The van der Waals surface area contributed by atoms with E-state index in [1.165, 1.54) is 15.3 Å². The molecule has 0 fully saturated rings. The summed E-state index contributed by atoms with van der Waals surface area (Å²) in [6.07, 6.45) is 0.808. The maximum Gasteiger partial charge on any atom is 0.0443 e. The molecular weight excluding hydrogens is 310 g/mol. The van der Waals surface area contributed by atoms with Crippen LogP contribution in [0, 0.1) is 0 Å². The number of aliphatic hydroxyl groups excluding tert-OH is 1. The van der Waals surface area contributed by atoms with E-state index in [9.17, 15) is 0 Å². The number of hydrogen-bond acceptors (Lipinski definition) is 3. The van der Waals surface area contributed by atoms with Crippen molar-refractivity contribution in [1.29, 1.82) is 0 Å². The number of nitrogens with one attached hydrogen (secondary N) is 1. The summed E-state index contributed by atoms with van der Waals surface area (Å²) in [7, 11) is 0. The first-order chi connectivity index (χ1) is 8.81. The lowest BCUT2D eigenvalue weighted by Crippen LogP contribution is -2.14. The van der Waals surface area contributed by atoms with E-state index in [-0.39, 0.29) is 6.61 Å². The summed E-state index contributed by atoms with van der Waals surface area (Å²) in [4.78, 5) is 2.60. The van der Waals surface area contributed by atoms with Crippen LogP contribution in [-0.2, 0) is 6.54 Å². The van der Waals surface area contributed by atoms with Crippen LogP contribution in [0.25, 0.3) is 10.4 Å². The average molecular weight is 326 g/mol. The van der Waals surface area contributed by atoms with Gasteiger partial charge in [0.25, 0.3) is 0 Å². The van der Waals surface area contributed by atoms with Crippen molar-refractivity contribution < 1.29 is 5.11 Å². The molecule has 0 atom stereocenters. The Morgan fingerprint density at radius 3 is 2.78 bits per heavy atom. The lowest BCUT2D eigenvalue weighted by molar-refractivity contribution is 0.286. The highest BCUT2D eigenvalue weighted by Gasteiger charge is 2.05. The molecule has 0 unspecified atom stereocenters. The Kier molecular flexibility index (Phi) is 5.38. The van der Waals surface area contributed by atoms with E-state index in [1.807, 2.05) is 6.07 Å². The van der Waals surface area contributed by atoms with Crippen molar-refractivity contribution in [3.63, 3.8) is 0 Å². The molecule has 0 bridgehead atoms. The van der Waals surface area contributed by atoms with Crippen molar-refractivity contribution in [3.8, 4) is 10.4 Å². The highest BCUT2D eigenvalue weighted by molar-refractivity contribution is 9.10. The van der Waals surface area contributed by atoms with Crippen LogP contribution in [-0.4, -0.2) is 18.3 Å². The van der Waals surface area contributed by atoms with Crippen molar-refractivity contribution in [2.24, 2.45) is 0 Å². The van der Waals surface area contributed by atoms with E-state index < -0.39 is 0 Å². The predicted molar refractivity (Wildman–Crippen MR) is 80.9 cm³/mol. The van der Waals surface area contributed by atoms with Crippen LogP contribution in [0.15, 0.2) is 40.9 Å². The molecule has 0 saturated carbocycles. The lowest BCUT2D eigenvalue weighted by Gasteiger charge is -2.01. The van der Waals surface area contributed by atoms with Gasteiger partial charge in [0.1, 0.15) is 0 Å². The normalized spacial score (nSPS) is 10.8. The van der Waals surface area contributed by atoms with Crippen LogP contribution in [0.1, 0.15) is 11.3 Å². The number of hydrogen-bond donors (Lipinski definition) is 2. The van der Waals surface area contributed by atoms with Gasteiger partial charge in [-0.3, -0.25) is 0 Å². The molecule has 2 nitrogen and oxygen atoms in total. The summed E-state index contributed by atoms with van der Waals surface area (Å²) in [5.74, 6) is 0. The smallest absolute Gasteiger partial charge is 0.0443 e. The Morgan fingerprint density at radius 1 is 1.17 bits per heavy atom. The van der Waals surface area contributed by atoms with E-state index in [1.54, 1.807) is 11.3 Å². The van der Waals surface area contributed by atoms with Gasteiger partial charge in [0.05, 0.1) is 0 Å². The molecule has 4 heteroatoms. The first kappa shape index (κ1) is 13.7. The molecule has 0 saturated heterocycles. The topological polar surface area (TPSA) is 32.3 Å². The van der Waals surface area contributed by atoms with Gasteiger partial charge in [0.15, 0.2) is 0 Å². The molecule has 1 aromatic carbocycles. The molecule has 1 aromatic heterocycles. The molecule has 0 amide bonds. The minimum Gasteiger partial charge on any atom is -0.396 e. The van der Waals surface area contributed by atoms with Gasteiger partial charge in [-0.25, -0.2) is 0 Å². The van der Waals surface area contributed by atoms with Gasteiger partial charge < -0.3 is 10.4 Å². The Hall–Kier alpha value is -0.680. The average Bonchev–Trinajstić information content (AvgIpc) is 2.84. The van der Waals surface area contributed by atoms with Crippen molar-refractivity contribution in [3.05, 3.63) is 45.7 Å². The van der Waals surface area contributed by atoms with Crippen LogP contribution < -0.4 is 5.32 Å². The van der Waals surface area contributed by atoms with E-state index in [0.717, 1.165) is 24.0 Å². The minimum absolute atomic E-state index is 0.250. The van der Waals surface area contributed by atoms with Crippen molar-refractivity contribution in [1.82, 2.24) is 5.32 Å². The van der Waals surface area contributed by atoms with Crippen molar-refractivity contribution in [2.75, 3.05) is 13.2 Å². The third kappa shape index (κ3) is 3.65. The molecule has 0 aliphatic carbocycles. The van der Waals surface area contributed by atoms with E-state index >= 15 is 0 Å². The van der Waals surface area contributed by atoms with Crippen LogP contribution in [0.5, 0.6) is 0 Å². The third-order valence-corrected chi connectivity index (χ3v) is 4.42. The Labute approximate surface area is 120 Å². The molecule has 0 aliphatic rings. The summed E-state index contributed by atoms with van der Waals surface area (Å²) in [6, 6.07) is 12.6. The molecule has 96 valence electrons. The molecule has 18 heavy (non-hydrogen) atoms. The van der Waals surface area contributed by atoms with Gasteiger partial charge in [-0.1, -0.05) is 34.1 Å². The molecule has 2 aromatic rings. The Morgan fingerprint density at radius 2 is 2.00 bits per heavy atom. The SMILES string of the molecule is OCCCNCc1ccc(-c2ccccc2Br)s1. The second-order valence-corrected chi connectivity index (χ2v) is 6.02. The summed E-state index contributed by atoms with van der Waals surface area (Å²) >= 11 is 5.38. The fourth-order valence-corrected chi connectivity index (χ4v) is 3.34. The standard InChI is InChI=1S/C14H16BrNOS/c15-13-5-2-1-4-12(13)14-7-6-11(18-14)10-16-8-3-9-17/h1-2,4-7,16-17H,3,8-10H2. The largest absolute Gasteiger partial charge is 0.396 e. The maximum absolute atomic E-state index is 8.70. The van der Waals surface area contributed by atoms with Crippen molar-refractivity contribution >= 4 is 27.3 Å². The van der Waals surface area contributed by atoms with E-state index in [4.69, 9.17) is 5.11 Å². The van der Waals surface area contributed by atoms with Gasteiger partial charge in [-0.2, -0.15) is 0 Å². The third-order valence-electron chi connectivity index (χ3n) is 2.61. The molecule has 0 spiro atoms. The van der Waals surface area contributed by atoms with Crippen LogP contribution in [0.3, 0.4) is 0 Å². The number of halogens is 1. The zero-order valence-electron chi connectivity index (χ0n) is 10.0. The molecular formula is C14H16BrNOS. The predicted octanol–water partition coefficient (Wildman–Crippen LogP) is 3.65. The summed E-state index contributed by atoms with van der Waals surface area (Å²) in [5, 5.41) is 12.0. The van der Waals surface area contributed by atoms with Crippen LogP contribution in [0.2, 0.25) is 0 Å². The second kappa shape index (κ2) is 7.04. The summed E-state index contributed by atoms with van der Waals surface area (Å²) < 4.78 is 1.13.